The number of nitroso groups, excluding NO2 is 1. The largest absolute Gasteiger partial charge is 0.462 e. The third kappa shape index (κ3) is 2.30. The number of rotatable bonds is 4. The van der Waals surface area contributed by atoms with Gasteiger partial charge in [0.25, 0.3) is 0 Å². The lowest BCUT2D eigenvalue weighted by Crippen LogP contribution is -2.05. The molecule has 0 saturated carbocycles. The maximum atomic E-state index is 12.6. The Morgan fingerprint density at radius 1 is 1.00 bits per heavy atom. The van der Waals surface area contributed by atoms with Gasteiger partial charge in [0.15, 0.2) is 5.82 Å². The molecule has 2 heterocycles. The number of carbonyl (C=O) groups excluding carboxylic acids is 1. The molecule has 0 aliphatic carbocycles. The number of aromatic amines is 2. The zero-order valence-corrected chi connectivity index (χ0v) is 13.5. The van der Waals surface area contributed by atoms with Crippen LogP contribution in [-0.2, 0) is 4.74 Å². The number of nitrogens with zero attached hydrogens (tertiary/aromatic N) is 1. The summed E-state index contributed by atoms with van der Waals surface area (Å²) in [5, 5.41) is 4.69. The number of fused-ring (bicyclic) bond motifs is 2. The van der Waals surface area contributed by atoms with Gasteiger partial charge in [0, 0.05) is 21.8 Å². The van der Waals surface area contributed by atoms with Crippen LogP contribution in [0.4, 0.5) is 5.82 Å². The third-order valence-electron chi connectivity index (χ3n) is 4.21. The Bertz CT molecular complexity index is 1110. The number of aromatic nitrogens is 2. The highest BCUT2D eigenvalue weighted by atomic mass is 16.5. The van der Waals surface area contributed by atoms with Gasteiger partial charge in [0.2, 0.25) is 0 Å². The van der Waals surface area contributed by atoms with E-state index in [9.17, 15) is 9.70 Å². The predicted octanol–water partition coefficient (Wildman–Crippen LogP) is 4.89. The van der Waals surface area contributed by atoms with E-state index in [4.69, 9.17) is 4.74 Å². The molecule has 25 heavy (non-hydrogen) atoms. The molecule has 0 saturated heterocycles. The Kier molecular flexibility index (Phi) is 3.57. The van der Waals surface area contributed by atoms with E-state index in [-0.39, 0.29) is 12.4 Å². The minimum atomic E-state index is -0.433. The van der Waals surface area contributed by atoms with Crippen LogP contribution >= 0.6 is 0 Å². The predicted molar refractivity (Wildman–Crippen MR) is 97.0 cm³/mol. The quantitative estimate of drug-likeness (QED) is 0.412. The molecule has 6 nitrogen and oxygen atoms in total. The Morgan fingerprint density at radius 2 is 1.64 bits per heavy atom. The minimum Gasteiger partial charge on any atom is -0.462 e. The summed E-state index contributed by atoms with van der Waals surface area (Å²) in [6, 6.07) is 15.0. The van der Waals surface area contributed by atoms with Gasteiger partial charge in [-0.2, -0.15) is 0 Å². The molecule has 0 fully saturated rings. The van der Waals surface area contributed by atoms with E-state index in [1.165, 1.54) is 0 Å². The fraction of sp³-hybridized carbons (Fsp3) is 0.105. The molecule has 6 heteroatoms. The Hall–Kier alpha value is -3.41. The van der Waals surface area contributed by atoms with Crippen molar-refractivity contribution in [2.75, 3.05) is 6.61 Å². The van der Waals surface area contributed by atoms with Gasteiger partial charge < -0.3 is 14.7 Å². The van der Waals surface area contributed by atoms with Crippen molar-refractivity contribution in [1.82, 2.24) is 9.97 Å². The fourth-order valence-electron chi connectivity index (χ4n) is 3.19. The van der Waals surface area contributed by atoms with Gasteiger partial charge in [-0.1, -0.05) is 36.4 Å². The van der Waals surface area contributed by atoms with Gasteiger partial charge in [-0.15, -0.1) is 4.91 Å². The highest BCUT2D eigenvalue weighted by Crippen LogP contribution is 2.41. The van der Waals surface area contributed by atoms with Crippen molar-refractivity contribution in [3.05, 3.63) is 59.0 Å². The van der Waals surface area contributed by atoms with Crippen molar-refractivity contribution in [3.8, 4) is 11.3 Å². The van der Waals surface area contributed by atoms with Gasteiger partial charge in [0.1, 0.15) is 0 Å². The summed E-state index contributed by atoms with van der Waals surface area (Å²) in [7, 11) is 0. The lowest BCUT2D eigenvalue weighted by atomic mass is 10.0. The van der Waals surface area contributed by atoms with Gasteiger partial charge in [-0.25, -0.2) is 4.79 Å². The standard InChI is InChI=1S/C19H15N3O3/c1-2-25-19(23)16-12-8-4-5-9-13(12)20-17(16)15-11-7-3-6-10-14(11)21-18(15)22-24/h3-10,20-21H,2H2,1H3. The van der Waals surface area contributed by atoms with E-state index in [1.807, 2.05) is 48.5 Å². The minimum absolute atomic E-state index is 0.179. The van der Waals surface area contributed by atoms with Crippen LogP contribution in [-0.4, -0.2) is 22.5 Å². The molecule has 0 aliphatic heterocycles. The molecule has 0 bridgehead atoms. The molecular weight excluding hydrogens is 318 g/mol. The van der Waals surface area contributed by atoms with Gasteiger partial charge in [-0.3, -0.25) is 0 Å². The Balaban J connectivity index is 2.10. The molecule has 2 aromatic carbocycles. The van der Waals surface area contributed by atoms with Crippen LogP contribution in [0, 0.1) is 4.91 Å². The van der Waals surface area contributed by atoms with Crippen LogP contribution < -0.4 is 0 Å². The smallest absolute Gasteiger partial charge is 0.340 e. The maximum absolute atomic E-state index is 12.6. The summed E-state index contributed by atoms with van der Waals surface area (Å²) in [4.78, 5) is 30.2. The molecule has 4 rings (SSSR count). The second-order valence-electron chi connectivity index (χ2n) is 5.63. The summed E-state index contributed by atoms with van der Waals surface area (Å²) in [6.07, 6.45) is 0. The van der Waals surface area contributed by atoms with Crippen LogP contribution in [0.5, 0.6) is 0 Å². The first-order valence-corrected chi connectivity index (χ1v) is 7.96. The van der Waals surface area contributed by atoms with Crippen LogP contribution in [0.2, 0.25) is 0 Å². The summed E-state index contributed by atoms with van der Waals surface area (Å²) in [5.41, 5.74) is 3.09. The molecule has 0 atom stereocenters. The van der Waals surface area contributed by atoms with E-state index in [0.29, 0.717) is 16.8 Å². The Morgan fingerprint density at radius 3 is 2.32 bits per heavy atom. The average Bonchev–Trinajstić information content (AvgIpc) is 3.19. The van der Waals surface area contributed by atoms with E-state index in [2.05, 4.69) is 15.1 Å². The molecule has 0 radical (unpaired) electrons. The van der Waals surface area contributed by atoms with Crippen molar-refractivity contribution in [2.24, 2.45) is 5.18 Å². The number of H-pyrrole nitrogens is 2. The van der Waals surface area contributed by atoms with E-state index in [1.54, 1.807) is 6.92 Å². The summed E-state index contributed by atoms with van der Waals surface area (Å²) < 4.78 is 5.24. The normalized spacial score (nSPS) is 11.1. The third-order valence-corrected chi connectivity index (χ3v) is 4.21. The molecular formula is C19H15N3O3. The lowest BCUT2D eigenvalue weighted by molar-refractivity contribution is 0.0529. The average molecular weight is 333 g/mol. The number of benzene rings is 2. The first-order chi connectivity index (χ1) is 12.2. The molecule has 0 spiro atoms. The number of nitrogens with one attached hydrogen (secondary N) is 2. The zero-order chi connectivity index (χ0) is 17.4. The number of esters is 1. The number of ether oxygens (including phenoxy) is 1. The molecule has 4 aromatic rings. The highest BCUT2D eigenvalue weighted by Gasteiger charge is 2.25. The van der Waals surface area contributed by atoms with E-state index in [0.717, 1.165) is 21.8 Å². The van der Waals surface area contributed by atoms with Crippen LogP contribution in [0.1, 0.15) is 17.3 Å². The Labute approximate surface area is 142 Å². The van der Waals surface area contributed by atoms with Crippen molar-refractivity contribution in [1.29, 1.82) is 0 Å². The summed E-state index contributed by atoms with van der Waals surface area (Å²) in [6.45, 7) is 2.03. The van der Waals surface area contributed by atoms with Crippen molar-refractivity contribution < 1.29 is 9.53 Å². The topological polar surface area (TPSA) is 87.3 Å². The summed E-state index contributed by atoms with van der Waals surface area (Å²) in [5.74, 6) is -0.254. The van der Waals surface area contributed by atoms with Crippen molar-refractivity contribution in [3.63, 3.8) is 0 Å². The molecule has 0 aliphatic rings. The number of hydrogen-bond acceptors (Lipinski definition) is 4. The van der Waals surface area contributed by atoms with Gasteiger partial charge >= 0.3 is 5.97 Å². The number of carbonyl (C=O) groups is 1. The van der Waals surface area contributed by atoms with Gasteiger partial charge in [-0.05, 0) is 24.2 Å². The molecule has 0 amide bonds. The fourth-order valence-corrected chi connectivity index (χ4v) is 3.19. The second-order valence-corrected chi connectivity index (χ2v) is 5.63. The molecule has 2 N–H and O–H groups in total. The molecule has 124 valence electrons. The van der Waals surface area contributed by atoms with Crippen LogP contribution in [0.25, 0.3) is 33.1 Å². The highest BCUT2D eigenvalue weighted by molar-refractivity contribution is 6.14. The first-order valence-electron chi connectivity index (χ1n) is 7.96. The van der Waals surface area contributed by atoms with Crippen LogP contribution in [0.3, 0.4) is 0 Å². The first kappa shape index (κ1) is 15.1. The van der Waals surface area contributed by atoms with E-state index >= 15 is 0 Å². The van der Waals surface area contributed by atoms with Crippen molar-refractivity contribution >= 4 is 33.6 Å². The summed E-state index contributed by atoms with van der Waals surface area (Å²) >= 11 is 0. The maximum Gasteiger partial charge on any atom is 0.340 e. The van der Waals surface area contributed by atoms with Crippen molar-refractivity contribution in [2.45, 2.75) is 6.92 Å². The van der Waals surface area contributed by atoms with Gasteiger partial charge in [0.05, 0.1) is 23.4 Å². The number of para-hydroxylation sites is 2. The SMILES string of the molecule is CCOC(=O)c1c(-c2c(N=O)[nH]c3ccccc23)[nH]c2ccccc12. The zero-order valence-electron chi connectivity index (χ0n) is 13.5. The van der Waals surface area contributed by atoms with E-state index < -0.39 is 5.97 Å². The second kappa shape index (κ2) is 5.90. The molecule has 0 unspecified atom stereocenters. The lowest BCUT2D eigenvalue weighted by Gasteiger charge is -2.04. The monoisotopic (exact) mass is 333 g/mol. The van der Waals surface area contributed by atoms with Crippen LogP contribution in [0.15, 0.2) is 53.7 Å². The number of hydrogen-bond donors (Lipinski definition) is 2. The molecule has 2 aromatic heterocycles.